The standard InChI is InChI=1S/C8H17NO2S/c1-6-8(2-3-11-6)12-5-7(9)4-10/h6-8,10H,2-5,9H2,1H3. The highest BCUT2D eigenvalue weighted by Crippen LogP contribution is 2.26. The van der Waals surface area contributed by atoms with E-state index < -0.39 is 0 Å². The fraction of sp³-hybridized carbons (Fsp3) is 1.00. The zero-order valence-electron chi connectivity index (χ0n) is 7.40. The molecule has 0 aromatic carbocycles. The van der Waals surface area contributed by atoms with Crippen molar-refractivity contribution in [2.75, 3.05) is 19.0 Å². The lowest BCUT2D eigenvalue weighted by molar-refractivity contribution is 0.127. The number of aliphatic hydroxyl groups excluding tert-OH is 1. The van der Waals surface area contributed by atoms with Crippen LogP contribution in [0.3, 0.4) is 0 Å². The molecule has 3 unspecified atom stereocenters. The summed E-state index contributed by atoms with van der Waals surface area (Å²) in [6.07, 6.45) is 1.46. The zero-order valence-corrected chi connectivity index (χ0v) is 8.22. The van der Waals surface area contributed by atoms with Crippen molar-refractivity contribution in [1.29, 1.82) is 0 Å². The Morgan fingerprint density at radius 1 is 1.75 bits per heavy atom. The number of rotatable bonds is 4. The van der Waals surface area contributed by atoms with Crippen LogP contribution in [-0.4, -0.2) is 41.5 Å². The second-order valence-corrected chi connectivity index (χ2v) is 4.45. The van der Waals surface area contributed by atoms with Gasteiger partial charge in [-0.2, -0.15) is 11.8 Å². The van der Waals surface area contributed by atoms with Gasteiger partial charge in [-0.25, -0.2) is 0 Å². The third-order valence-corrected chi connectivity index (χ3v) is 3.73. The van der Waals surface area contributed by atoms with E-state index in [4.69, 9.17) is 15.6 Å². The summed E-state index contributed by atoms with van der Waals surface area (Å²) in [6, 6.07) is -0.0807. The van der Waals surface area contributed by atoms with Crippen LogP contribution in [0.25, 0.3) is 0 Å². The Kier molecular flexibility index (Phi) is 4.35. The Balaban J connectivity index is 2.13. The monoisotopic (exact) mass is 191 g/mol. The van der Waals surface area contributed by atoms with Crippen molar-refractivity contribution in [1.82, 2.24) is 0 Å². The quantitative estimate of drug-likeness (QED) is 0.667. The number of aliphatic hydroxyl groups is 1. The molecule has 0 aliphatic carbocycles. The average Bonchev–Trinajstić information content (AvgIpc) is 2.47. The Morgan fingerprint density at radius 2 is 2.50 bits per heavy atom. The maximum absolute atomic E-state index is 8.71. The van der Waals surface area contributed by atoms with E-state index in [1.165, 1.54) is 0 Å². The number of hydrogen-bond donors (Lipinski definition) is 2. The van der Waals surface area contributed by atoms with Crippen LogP contribution in [0.1, 0.15) is 13.3 Å². The van der Waals surface area contributed by atoms with Gasteiger partial charge in [-0.3, -0.25) is 0 Å². The molecule has 0 bridgehead atoms. The summed E-state index contributed by atoms with van der Waals surface area (Å²) < 4.78 is 5.41. The van der Waals surface area contributed by atoms with E-state index in [2.05, 4.69) is 6.92 Å². The lowest BCUT2D eigenvalue weighted by Gasteiger charge is -2.15. The van der Waals surface area contributed by atoms with Crippen LogP contribution >= 0.6 is 11.8 Å². The van der Waals surface area contributed by atoms with Gasteiger partial charge >= 0.3 is 0 Å². The lowest BCUT2D eigenvalue weighted by Crippen LogP contribution is -2.29. The van der Waals surface area contributed by atoms with Crippen LogP contribution < -0.4 is 5.73 Å². The molecule has 1 rings (SSSR count). The van der Waals surface area contributed by atoms with Gasteiger partial charge in [0.2, 0.25) is 0 Å². The van der Waals surface area contributed by atoms with E-state index in [0.29, 0.717) is 11.4 Å². The summed E-state index contributed by atoms with van der Waals surface area (Å²) in [5, 5.41) is 9.28. The molecule has 4 heteroatoms. The first-order valence-electron chi connectivity index (χ1n) is 4.33. The molecule has 72 valence electrons. The highest BCUT2D eigenvalue weighted by Gasteiger charge is 2.24. The molecule has 1 aliphatic rings. The van der Waals surface area contributed by atoms with Crippen molar-refractivity contribution in [3.8, 4) is 0 Å². The van der Waals surface area contributed by atoms with Gasteiger partial charge in [0, 0.05) is 23.7 Å². The molecule has 1 heterocycles. The fourth-order valence-electron chi connectivity index (χ4n) is 1.23. The highest BCUT2D eigenvalue weighted by molar-refractivity contribution is 8.00. The van der Waals surface area contributed by atoms with E-state index in [9.17, 15) is 0 Å². The number of nitrogens with two attached hydrogens (primary N) is 1. The number of ether oxygens (including phenoxy) is 1. The number of hydrogen-bond acceptors (Lipinski definition) is 4. The summed E-state index contributed by atoms with van der Waals surface area (Å²) in [5.41, 5.74) is 5.58. The average molecular weight is 191 g/mol. The Labute approximate surface area is 77.7 Å². The summed E-state index contributed by atoms with van der Waals surface area (Å²) in [7, 11) is 0. The Bertz CT molecular complexity index is 134. The second-order valence-electron chi connectivity index (χ2n) is 3.18. The van der Waals surface area contributed by atoms with E-state index in [1.54, 1.807) is 0 Å². The molecule has 3 N–H and O–H groups in total. The largest absolute Gasteiger partial charge is 0.395 e. The normalized spacial score (nSPS) is 32.2. The van der Waals surface area contributed by atoms with Gasteiger partial charge in [0.25, 0.3) is 0 Å². The van der Waals surface area contributed by atoms with Gasteiger partial charge in [-0.15, -0.1) is 0 Å². The first-order chi connectivity index (χ1) is 5.74. The van der Waals surface area contributed by atoms with Crippen molar-refractivity contribution in [3.05, 3.63) is 0 Å². The molecule has 1 fully saturated rings. The van der Waals surface area contributed by atoms with Crippen LogP contribution in [0.4, 0.5) is 0 Å². The van der Waals surface area contributed by atoms with Gasteiger partial charge < -0.3 is 15.6 Å². The summed E-state index contributed by atoms with van der Waals surface area (Å²) >= 11 is 1.81. The predicted octanol–water partition coefficient (Wildman–Crippen LogP) is 0.217. The van der Waals surface area contributed by atoms with Crippen molar-refractivity contribution in [2.24, 2.45) is 5.73 Å². The third-order valence-electron chi connectivity index (χ3n) is 2.07. The minimum absolute atomic E-state index is 0.0783. The predicted molar refractivity (Wildman–Crippen MR) is 51.3 cm³/mol. The molecule has 1 saturated heterocycles. The topological polar surface area (TPSA) is 55.5 Å². The molecule has 0 amide bonds. The van der Waals surface area contributed by atoms with E-state index >= 15 is 0 Å². The van der Waals surface area contributed by atoms with Gasteiger partial charge in [-0.05, 0) is 13.3 Å². The van der Waals surface area contributed by atoms with Crippen molar-refractivity contribution in [2.45, 2.75) is 30.7 Å². The first-order valence-corrected chi connectivity index (χ1v) is 5.38. The van der Waals surface area contributed by atoms with E-state index in [-0.39, 0.29) is 12.6 Å². The maximum atomic E-state index is 8.71. The fourth-order valence-corrected chi connectivity index (χ4v) is 2.44. The molecule has 0 aromatic rings. The van der Waals surface area contributed by atoms with Crippen molar-refractivity contribution in [3.63, 3.8) is 0 Å². The Morgan fingerprint density at radius 3 is 3.00 bits per heavy atom. The van der Waals surface area contributed by atoms with Gasteiger partial charge in [0.05, 0.1) is 12.7 Å². The summed E-state index contributed by atoms with van der Waals surface area (Å²) in [6.45, 7) is 3.04. The SMILES string of the molecule is CC1OCCC1SCC(N)CO. The molecule has 3 nitrogen and oxygen atoms in total. The summed E-state index contributed by atoms with van der Waals surface area (Å²) in [4.78, 5) is 0. The molecule has 0 aromatic heterocycles. The second kappa shape index (κ2) is 5.07. The Hall–Kier alpha value is 0.230. The molecule has 1 aliphatic heterocycles. The molecule has 0 saturated carbocycles. The first kappa shape index (κ1) is 10.3. The van der Waals surface area contributed by atoms with Gasteiger partial charge in [0.1, 0.15) is 0 Å². The third kappa shape index (κ3) is 2.94. The molecule has 12 heavy (non-hydrogen) atoms. The molecule has 0 spiro atoms. The highest BCUT2D eigenvalue weighted by atomic mass is 32.2. The minimum atomic E-state index is -0.0807. The molecule has 3 atom stereocenters. The smallest absolute Gasteiger partial charge is 0.0666 e. The van der Waals surface area contributed by atoms with Crippen LogP contribution in [0, 0.1) is 0 Å². The minimum Gasteiger partial charge on any atom is -0.395 e. The van der Waals surface area contributed by atoms with Crippen LogP contribution in [0.2, 0.25) is 0 Å². The van der Waals surface area contributed by atoms with Gasteiger partial charge in [0.15, 0.2) is 0 Å². The van der Waals surface area contributed by atoms with E-state index in [1.807, 2.05) is 11.8 Å². The summed E-state index contributed by atoms with van der Waals surface area (Å²) in [5.74, 6) is 0.828. The number of thioether (sulfide) groups is 1. The lowest BCUT2D eigenvalue weighted by atomic mass is 10.3. The van der Waals surface area contributed by atoms with E-state index in [0.717, 1.165) is 18.8 Å². The molecule has 0 radical (unpaired) electrons. The van der Waals surface area contributed by atoms with Crippen molar-refractivity contribution < 1.29 is 9.84 Å². The van der Waals surface area contributed by atoms with Gasteiger partial charge in [-0.1, -0.05) is 0 Å². The van der Waals surface area contributed by atoms with Crippen LogP contribution in [-0.2, 0) is 4.74 Å². The molecular formula is C8H17NO2S. The molecular weight excluding hydrogens is 174 g/mol. The zero-order chi connectivity index (χ0) is 8.97. The van der Waals surface area contributed by atoms with Crippen LogP contribution in [0.15, 0.2) is 0 Å². The maximum Gasteiger partial charge on any atom is 0.0666 e. The van der Waals surface area contributed by atoms with Crippen LogP contribution in [0.5, 0.6) is 0 Å². The van der Waals surface area contributed by atoms with Crippen molar-refractivity contribution >= 4 is 11.8 Å².